The van der Waals surface area contributed by atoms with Gasteiger partial charge in [-0.1, -0.05) is 18.2 Å². The molecule has 1 aliphatic heterocycles. The Hall–Kier alpha value is -1.55. The van der Waals surface area contributed by atoms with Gasteiger partial charge >= 0.3 is 0 Å². The van der Waals surface area contributed by atoms with Gasteiger partial charge in [0.1, 0.15) is 0 Å². The number of piperidine rings is 1. The first-order valence-corrected chi connectivity index (χ1v) is 7.48. The van der Waals surface area contributed by atoms with Crippen molar-refractivity contribution in [2.75, 3.05) is 31.6 Å². The fourth-order valence-corrected chi connectivity index (χ4v) is 2.79. The summed E-state index contributed by atoms with van der Waals surface area (Å²) in [6, 6.07) is 11.0. The Kier molecular flexibility index (Phi) is 5.41. The number of benzene rings is 1. The molecule has 2 N–H and O–H groups in total. The molecule has 20 heavy (non-hydrogen) atoms. The summed E-state index contributed by atoms with van der Waals surface area (Å²) in [6.07, 6.45) is 3.47. The van der Waals surface area contributed by atoms with Gasteiger partial charge in [0.15, 0.2) is 0 Å². The van der Waals surface area contributed by atoms with E-state index < -0.39 is 0 Å². The summed E-state index contributed by atoms with van der Waals surface area (Å²) in [7, 11) is 2.14. The first kappa shape index (κ1) is 14.9. The van der Waals surface area contributed by atoms with Crippen molar-refractivity contribution in [1.82, 2.24) is 4.90 Å². The Bertz CT molecular complexity index is 413. The lowest BCUT2D eigenvalue weighted by molar-refractivity contribution is -0.132. The van der Waals surface area contributed by atoms with Gasteiger partial charge in [-0.3, -0.25) is 4.79 Å². The average Bonchev–Trinajstić information content (AvgIpc) is 2.53. The van der Waals surface area contributed by atoms with Crippen LogP contribution in [0.4, 0.5) is 5.69 Å². The molecule has 2 rings (SSSR count). The van der Waals surface area contributed by atoms with Crippen LogP contribution < -0.4 is 10.6 Å². The topological polar surface area (TPSA) is 49.6 Å². The summed E-state index contributed by atoms with van der Waals surface area (Å²) in [4.78, 5) is 16.3. The van der Waals surface area contributed by atoms with Crippen molar-refractivity contribution < 1.29 is 4.79 Å². The van der Waals surface area contributed by atoms with Gasteiger partial charge in [-0.2, -0.15) is 0 Å². The van der Waals surface area contributed by atoms with Gasteiger partial charge in [-0.05, 0) is 37.9 Å². The molecule has 4 nitrogen and oxygen atoms in total. The number of rotatable bonds is 5. The summed E-state index contributed by atoms with van der Waals surface area (Å²) in [5.74, 6) is 0.260. The minimum atomic E-state index is 0.260. The second-order valence-electron chi connectivity index (χ2n) is 5.45. The monoisotopic (exact) mass is 275 g/mol. The molecule has 1 aromatic rings. The molecular weight excluding hydrogens is 250 g/mol. The highest BCUT2D eigenvalue weighted by molar-refractivity contribution is 5.76. The number of carbonyl (C=O) groups is 1. The normalized spacial score (nSPS) is 16.2. The van der Waals surface area contributed by atoms with E-state index in [9.17, 15) is 4.79 Å². The molecule has 0 aromatic heterocycles. The number of nitrogens with two attached hydrogens (primary N) is 1. The smallest absolute Gasteiger partial charge is 0.222 e. The number of likely N-dealkylation sites (tertiary alicyclic amines) is 1. The maximum absolute atomic E-state index is 12.0. The largest absolute Gasteiger partial charge is 0.371 e. The van der Waals surface area contributed by atoms with Gasteiger partial charge in [0.05, 0.1) is 0 Å². The Balaban J connectivity index is 1.83. The van der Waals surface area contributed by atoms with Crippen molar-refractivity contribution >= 4 is 11.6 Å². The average molecular weight is 275 g/mol. The number of amides is 1. The van der Waals surface area contributed by atoms with Gasteiger partial charge in [0.25, 0.3) is 0 Å². The van der Waals surface area contributed by atoms with E-state index in [0.29, 0.717) is 19.0 Å². The highest BCUT2D eigenvalue weighted by atomic mass is 16.2. The van der Waals surface area contributed by atoms with Crippen molar-refractivity contribution in [1.29, 1.82) is 0 Å². The molecule has 0 saturated carbocycles. The zero-order valence-corrected chi connectivity index (χ0v) is 12.3. The summed E-state index contributed by atoms with van der Waals surface area (Å²) in [5.41, 5.74) is 6.71. The number of hydrogen-bond acceptors (Lipinski definition) is 3. The van der Waals surface area contributed by atoms with E-state index in [1.807, 2.05) is 11.0 Å². The van der Waals surface area contributed by atoms with Crippen LogP contribution in [0.2, 0.25) is 0 Å². The predicted octanol–water partition coefficient (Wildman–Crippen LogP) is 1.85. The molecule has 1 fully saturated rings. The van der Waals surface area contributed by atoms with Gasteiger partial charge in [0, 0.05) is 38.3 Å². The molecule has 0 unspecified atom stereocenters. The minimum absolute atomic E-state index is 0.260. The van der Waals surface area contributed by atoms with Crippen LogP contribution in [0.15, 0.2) is 30.3 Å². The lowest BCUT2D eigenvalue weighted by atomic mass is 10.0. The SMILES string of the molecule is CN(c1ccccc1)C1CCN(C(=O)CCCN)CC1. The molecular formula is C16H25N3O. The number of hydrogen-bond donors (Lipinski definition) is 1. The van der Waals surface area contributed by atoms with E-state index in [2.05, 4.69) is 36.2 Å². The number of para-hydroxylation sites is 1. The third-order valence-corrected chi connectivity index (χ3v) is 4.12. The Morgan fingerprint density at radius 1 is 1.30 bits per heavy atom. The minimum Gasteiger partial charge on any atom is -0.371 e. The molecule has 0 aliphatic carbocycles. The van der Waals surface area contributed by atoms with Crippen LogP contribution in [-0.2, 0) is 4.79 Å². The van der Waals surface area contributed by atoms with E-state index in [1.165, 1.54) is 5.69 Å². The molecule has 0 atom stereocenters. The molecule has 1 heterocycles. The quantitative estimate of drug-likeness (QED) is 0.892. The van der Waals surface area contributed by atoms with Crippen LogP contribution in [0.25, 0.3) is 0 Å². The van der Waals surface area contributed by atoms with Crippen LogP contribution in [-0.4, -0.2) is 43.5 Å². The molecule has 110 valence electrons. The lowest BCUT2D eigenvalue weighted by Gasteiger charge is -2.38. The molecule has 1 amide bonds. The molecule has 1 aromatic carbocycles. The number of nitrogens with zero attached hydrogens (tertiary/aromatic N) is 2. The van der Waals surface area contributed by atoms with Crippen LogP contribution >= 0.6 is 0 Å². The van der Waals surface area contributed by atoms with Crippen molar-refractivity contribution in [3.63, 3.8) is 0 Å². The second-order valence-corrected chi connectivity index (χ2v) is 5.45. The molecule has 1 saturated heterocycles. The molecule has 0 radical (unpaired) electrons. The van der Waals surface area contributed by atoms with Crippen LogP contribution in [0.1, 0.15) is 25.7 Å². The molecule has 0 spiro atoms. The van der Waals surface area contributed by atoms with Crippen molar-refractivity contribution in [3.8, 4) is 0 Å². The van der Waals surface area contributed by atoms with Gasteiger partial charge in [0.2, 0.25) is 5.91 Å². The van der Waals surface area contributed by atoms with Crippen LogP contribution in [0.5, 0.6) is 0 Å². The maximum atomic E-state index is 12.0. The van der Waals surface area contributed by atoms with E-state index in [0.717, 1.165) is 32.4 Å². The first-order valence-electron chi connectivity index (χ1n) is 7.48. The maximum Gasteiger partial charge on any atom is 0.222 e. The molecule has 0 bridgehead atoms. The fourth-order valence-electron chi connectivity index (χ4n) is 2.79. The highest BCUT2D eigenvalue weighted by Crippen LogP contribution is 2.22. The first-order chi connectivity index (χ1) is 9.72. The summed E-state index contributed by atoms with van der Waals surface area (Å²) in [6.45, 7) is 2.33. The number of anilines is 1. The van der Waals surface area contributed by atoms with Crippen molar-refractivity contribution in [3.05, 3.63) is 30.3 Å². The van der Waals surface area contributed by atoms with Gasteiger partial charge in [-0.25, -0.2) is 0 Å². The van der Waals surface area contributed by atoms with Crippen molar-refractivity contribution in [2.45, 2.75) is 31.7 Å². The Morgan fingerprint density at radius 3 is 2.55 bits per heavy atom. The Morgan fingerprint density at radius 2 is 1.95 bits per heavy atom. The third-order valence-electron chi connectivity index (χ3n) is 4.12. The fraction of sp³-hybridized carbons (Fsp3) is 0.562. The summed E-state index contributed by atoms with van der Waals surface area (Å²) in [5, 5.41) is 0. The Labute approximate surface area is 121 Å². The van der Waals surface area contributed by atoms with Crippen LogP contribution in [0.3, 0.4) is 0 Å². The van der Waals surface area contributed by atoms with E-state index in [-0.39, 0.29) is 5.91 Å². The van der Waals surface area contributed by atoms with Gasteiger partial charge in [-0.15, -0.1) is 0 Å². The zero-order valence-electron chi connectivity index (χ0n) is 12.3. The summed E-state index contributed by atoms with van der Waals surface area (Å²) < 4.78 is 0. The van der Waals surface area contributed by atoms with Gasteiger partial charge < -0.3 is 15.5 Å². The van der Waals surface area contributed by atoms with E-state index in [1.54, 1.807) is 0 Å². The zero-order chi connectivity index (χ0) is 14.4. The molecule has 1 aliphatic rings. The van der Waals surface area contributed by atoms with Crippen molar-refractivity contribution in [2.24, 2.45) is 5.73 Å². The summed E-state index contributed by atoms with van der Waals surface area (Å²) >= 11 is 0. The highest BCUT2D eigenvalue weighted by Gasteiger charge is 2.24. The second kappa shape index (κ2) is 7.29. The lowest BCUT2D eigenvalue weighted by Crippen LogP contribution is -2.45. The molecule has 4 heteroatoms. The predicted molar refractivity (Wildman–Crippen MR) is 82.7 cm³/mol. The standard InChI is InChI=1S/C16H25N3O/c1-18(14-6-3-2-4-7-14)15-9-12-19(13-10-15)16(20)8-5-11-17/h2-4,6-7,15H,5,8-13,17H2,1H3. The van der Waals surface area contributed by atoms with Crippen LogP contribution in [0, 0.1) is 0 Å². The van der Waals surface area contributed by atoms with E-state index in [4.69, 9.17) is 5.73 Å². The van der Waals surface area contributed by atoms with E-state index >= 15 is 0 Å². The third kappa shape index (κ3) is 3.73. The number of carbonyl (C=O) groups excluding carboxylic acids is 1.